The third-order valence-corrected chi connectivity index (χ3v) is 4.62. The standard InChI is InChI=1S/C18H29N5O2/c1-5-22-8-10-23(11-9-22)15-6-7-16(13(2)12-15)20-14(3)17(24)21-18(25)19-4/h6-7,12,14,20H,5,8-11H2,1-4H3,(H2,19,21,24,25)/t14-/m1/s1. The van der Waals surface area contributed by atoms with Crippen LogP contribution in [0.3, 0.4) is 0 Å². The van der Waals surface area contributed by atoms with Crippen LogP contribution in [0, 0.1) is 6.92 Å². The number of imide groups is 1. The second-order valence-electron chi connectivity index (χ2n) is 6.35. The van der Waals surface area contributed by atoms with Crippen LogP contribution >= 0.6 is 0 Å². The minimum atomic E-state index is -0.505. The molecule has 25 heavy (non-hydrogen) atoms. The van der Waals surface area contributed by atoms with Crippen LogP contribution in [0.2, 0.25) is 0 Å². The van der Waals surface area contributed by atoms with Crippen molar-refractivity contribution in [1.29, 1.82) is 0 Å². The second-order valence-corrected chi connectivity index (χ2v) is 6.35. The van der Waals surface area contributed by atoms with Crippen molar-refractivity contribution in [2.75, 3.05) is 50.0 Å². The molecule has 0 bridgehead atoms. The fourth-order valence-electron chi connectivity index (χ4n) is 2.91. The van der Waals surface area contributed by atoms with Gasteiger partial charge in [0.05, 0.1) is 0 Å². The summed E-state index contributed by atoms with van der Waals surface area (Å²) < 4.78 is 0. The Bertz CT molecular complexity index is 611. The summed E-state index contributed by atoms with van der Waals surface area (Å²) in [6.45, 7) is 11.3. The Labute approximate surface area is 149 Å². The highest BCUT2D eigenvalue weighted by molar-refractivity contribution is 5.97. The van der Waals surface area contributed by atoms with Gasteiger partial charge in [0.2, 0.25) is 5.91 Å². The van der Waals surface area contributed by atoms with Crippen molar-refractivity contribution in [2.45, 2.75) is 26.8 Å². The number of piperazine rings is 1. The summed E-state index contributed by atoms with van der Waals surface area (Å²) in [6.07, 6.45) is 0. The number of nitrogens with zero attached hydrogens (tertiary/aromatic N) is 2. The minimum absolute atomic E-state index is 0.362. The molecule has 0 aliphatic carbocycles. The van der Waals surface area contributed by atoms with Gasteiger partial charge < -0.3 is 20.4 Å². The van der Waals surface area contributed by atoms with E-state index in [1.54, 1.807) is 6.92 Å². The quantitative estimate of drug-likeness (QED) is 0.750. The first-order valence-electron chi connectivity index (χ1n) is 8.81. The monoisotopic (exact) mass is 347 g/mol. The lowest BCUT2D eigenvalue weighted by molar-refractivity contribution is -0.120. The van der Waals surface area contributed by atoms with Gasteiger partial charge in [0.15, 0.2) is 0 Å². The maximum Gasteiger partial charge on any atom is 0.321 e. The molecule has 0 aromatic heterocycles. The van der Waals surface area contributed by atoms with E-state index in [1.165, 1.54) is 12.7 Å². The lowest BCUT2D eigenvalue weighted by Crippen LogP contribution is -2.46. The van der Waals surface area contributed by atoms with E-state index in [4.69, 9.17) is 0 Å². The number of benzene rings is 1. The zero-order valence-electron chi connectivity index (χ0n) is 15.6. The highest BCUT2D eigenvalue weighted by atomic mass is 16.2. The number of nitrogens with one attached hydrogen (secondary N) is 3. The molecule has 138 valence electrons. The molecule has 1 aliphatic rings. The van der Waals surface area contributed by atoms with Gasteiger partial charge in [-0.2, -0.15) is 0 Å². The summed E-state index contributed by atoms with van der Waals surface area (Å²) in [5.41, 5.74) is 3.19. The maximum absolute atomic E-state index is 12.0. The van der Waals surface area contributed by atoms with E-state index < -0.39 is 12.1 Å². The summed E-state index contributed by atoms with van der Waals surface area (Å²) in [5.74, 6) is -0.362. The van der Waals surface area contributed by atoms with Gasteiger partial charge in [-0.3, -0.25) is 10.1 Å². The van der Waals surface area contributed by atoms with Crippen LogP contribution in [0.25, 0.3) is 0 Å². The molecule has 7 heteroatoms. The first-order chi connectivity index (χ1) is 11.9. The molecule has 1 fully saturated rings. The molecule has 2 rings (SSSR count). The van der Waals surface area contributed by atoms with Gasteiger partial charge in [-0.25, -0.2) is 4.79 Å². The Morgan fingerprint density at radius 3 is 2.44 bits per heavy atom. The van der Waals surface area contributed by atoms with E-state index in [0.717, 1.165) is 44.0 Å². The number of aryl methyl sites for hydroxylation is 1. The predicted octanol–water partition coefficient (Wildman–Crippen LogP) is 1.39. The van der Waals surface area contributed by atoms with Crippen LogP contribution in [-0.4, -0.2) is 62.7 Å². The van der Waals surface area contributed by atoms with Gasteiger partial charge in [0, 0.05) is 44.6 Å². The van der Waals surface area contributed by atoms with Crippen LogP contribution in [0.4, 0.5) is 16.2 Å². The maximum atomic E-state index is 12.0. The van der Waals surface area contributed by atoms with Gasteiger partial charge in [-0.1, -0.05) is 6.92 Å². The molecular formula is C18H29N5O2. The van der Waals surface area contributed by atoms with Crippen molar-refractivity contribution in [3.63, 3.8) is 0 Å². The molecule has 1 atom stereocenters. The van der Waals surface area contributed by atoms with Crippen LogP contribution in [0.15, 0.2) is 18.2 Å². The average molecular weight is 347 g/mol. The van der Waals surface area contributed by atoms with Gasteiger partial charge in [0.1, 0.15) is 6.04 Å². The van der Waals surface area contributed by atoms with Crippen molar-refractivity contribution < 1.29 is 9.59 Å². The number of carbonyl (C=O) groups is 2. The number of anilines is 2. The number of amides is 3. The van der Waals surface area contributed by atoms with E-state index in [0.29, 0.717) is 0 Å². The van der Waals surface area contributed by atoms with E-state index in [-0.39, 0.29) is 5.91 Å². The van der Waals surface area contributed by atoms with Gasteiger partial charge in [0.25, 0.3) is 0 Å². The molecule has 1 aromatic carbocycles. The number of urea groups is 1. The minimum Gasteiger partial charge on any atom is -0.374 e. The molecule has 3 amide bonds. The Kier molecular flexibility index (Phi) is 6.64. The normalized spacial score (nSPS) is 16.2. The van der Waals surface area contributed by atoms with Crippen molar-refractivity contribution >= 4 is 23.3 Å². The number of hydrogen-bond donors (Lipinski definition) is 3. The molecule has 3 N–H and O–H groups in total. The third kappa shape index (κ3) is 5.09. The summed E-state index contributed by atoms with van der Waals surface area (Å²) in [7, 11) is 1.48. The number of carbonyl (C=O) groups excluding carboxylic acids is 2. The van der Waals surface area contributed by atoms with E-state index in [9.17, 15) is 9.59 Å². The molecule has 0 radical (unpaired) electrons. The molecule has 1 aliphatic heterocycles. The molecule has 1 aromatic rings. The van der Waals surface area contributed by atoms with E-state index in [1.807, 2.05) is 13.0 Å². The highest BCUT2D eigenvalue weighted by Gasteiger charge is 2.18. The number of hydrogen-bond acceptors (Lipinski definition) is 5. The first kappa shape index (κ1) is 19.1. The number of likely N-dealkylation sites (N-methyl/N-ethyl adjacent to an activating group) is 1. The third-order valence-electron chi connectivity index (χ3n) is 4.62. The fourth-order valence-corrected chi connectivity index (χ4v) is 2.91. The topological polar surface area (TPSA) is 76.7 Å². The average Bonchev–Trinajstić information content (AvgIpc) is 2.63. The van der Waals surface area contributed by atoms with Crippen LogP contribution in [0.1, 0.15) is 19.4 Å². The number of rotatable bonds is 5. The largest absolute Gasteiger partial charge is 0.374 e. The Balaban J connectivity index is 1.97. The molecular weight excluding hydrogens is 318 g/mol. The van der Waals surface area contributed by atoms with E-state index >= 15 is 0 Å². The van der Waals surface area contributed by atoms with Crippen molar-refractivity contribution in [1.82, 2.24) is 15.5 Å². The summed E-state index contributed by atoms with van der Waals surface area (Å²) in [5, 5.41) is 7.81. The fraction of sp³-hybridized carbons (Fsp3) is 0.556. The zero-order chi connectivity index (χ0) is 18.4. The summed E-state index contributed by atoms with van der Waals surface area (Å²) >= 11 is 0. The Morgan fingerprint density at radius 2 is 1.88 bits per heavy atom. The van der Waals surface area contributed by atoms with Gasteiger partial charge in [-0.15, -0.1) is 0 Å². The van der Waals surface area contributed by atoms with Crippen molar-refractivity contribution in [3.05, 3.63) is 23.8 Å². The molecule has 1 saturated heterocycles. The lowest BCUT2D eigenvalue weighted by atomic mass is 10.1. The van der Waals surface area contributed by atoms with Gasteiger partial charge >= 0.3 is 6.03 Å². The van der Waals surface area contributed by atoms with Crippen LogP contribution in [0.5, 0.6) is 0 Å². The van der Waals surface area contributed by atoms with E-state index in [2.05, 4.69) is 44.8 Å². The van der Waals surface area contributed by atoms with Crippen molar-refractivity contribution in [3.8, 4) is 0 Å². The highest BCUT2D eigenvalue weighted by Crippen LogP contribution is 2.24. The lowest BCUT2D eigenvalue weighted by Gasteiger charge is -2.35. The SMILES string of the molecule is CCN1CCN(c2ccc(N[C@H](C)C(=O)NC(=O)NC)c(C)c2)CC1. The predicted molar refractivity (Wildman–Crippen MR) is 101 cm³/mol. The Hall–Kier alpha value is -2.28. The zero-order valence-corrected chi connectivity index (χ0v) is 15.6. The van der Waals surface area contributed by atoms with Crippen molar-refractivity contribution in [2.24, 2.45) is 0 Å². The summed E-state index contributed by atoms with van der Waals surface area (Å²) in [4.78, 5) is 28.0. The second kappa shape index (κ2) is 8.71. The smallest absolute Gasteiger partial charge is 0.321 e. The molecule has 0 unspecified atom stereocenters. The summed E-state index contributed by atoms with van der Waals surface area (Å²) in [6, 6.07) is 5.22. The Morgan fingerprint density at radius 1 is 1.20 bits per heavy atom. The molecule has 0 saturated carbocycles. The molecule has 7 nitrogen and oxygen atoms in total. The van der Waals surface area contributed by atoms with Gasteiger partial charge in [-0.05, 0) is 44.2 Å². The molecule has 0 spiro atoms. The molecule has 1 heterocycles. The van der Waals surface area contributed by atoms with Crippen LogP contribution in [-0.2, 0) is 4.79 Å². The first-order valence-corrected chi connectivity index (χ1v) is 8.81. The van der Waals surface area contributed by atoms with Crippen LogP contribution < -0.4 is 20.9 Å².